The van der Waals surface area contributed by atoms with Crippen LogP contribution in [0.15, 0.2) is 83.8 Å². The molecule has 3 aromatic carbocycles. The molecule has 0 aromatic heterocycles. The van der Waals surface area contributed by atoms with E-state index in [2.05, 4.69) is 5.32 Å². The van der Waals surface area contributed by atoms with Crippen molar-refractivity contribution in [3.8, 4) is 0 Å². The number of nitrogens with zero attached hydrogens (tertiary/aromatic N) is 2. The summed E-state index contributed by atoms with van der Waals surface area (Å²) in [5, 5.41) is 3.70. The lowest BCUT2D eigenvalue weighted by Crippen LogP contribution is -2.53. The Morgan fingerprint density at radius 1 is 0.895 bits per heavy atom. The Balaban J connectivity index is 2.05. The topological polar surface area (TPSA) is 86.8 Å². The molecule has 202 valence electrons. The van der Waals surface area contributed by atoms with Crippen molar-refractivity contribution in [2.24, 2.45) is 0 Å². The Hall–Kier alpha value is -3.07. The van der Waals surface area contributed by atoms with Gasteiger partial charge in [0, 0.05) is 22.6 Å². The zero-order chi connectivity index (χ0) is 27.9. The van der Waals surface area contributed by atoms with Crippen LogP contribution in [0.1, 0.15) is 32.8 Å². The lowest BCUT2D eigenvalue weighted by atomic mass is 10.1. The SMILES string of the molecule is CCC(C(=O)NC(C)C)N(Cc1ccccc1Cl)C(=O)CN(c1ccccc1)S(=O)(=O)c1ccc(Cl)cc1. The van der Waals surface area contributed by atoms with Gasteiger partial charge in [0.25, 0.3) is 10.0 Å². The second-order valence-corrected chi connectivity index (χ2v) is 11.7. The number of sulfonamides is 1. The zero-order valence-corrected chi connectivity index (χ0v) is 23.8. The molecule has 0 bridgehead atoms. The maximum Gasteiger partial charge on any atom is 0.264 e. The quantitative estimate of drug-likeness (QED) is 0.326. The molecule has 0 heterocycles. The standard InChI is InChI=1S/C28H31Cl2N3O4S/c1-4-26(28(35)31-20(2)3)32(18-21-10-8-9-13-25(21)30)27(34)19-33(23-11-6-5-7-12-23)38(36,37)24-16-14-22(29)15-17-24/h5-17,20,26H,4,18-19H2,1-3H3,(H,31,35). The van der Waals surface area contributed by atoms with Gasteiger partial charge in [-0.1, -0.05) is 66.5 Å². The largest absolute Gasteiger partial charge is 0.352 e. The van der Waals surface area contributed by atoms with Crippen molar-refractivity contribution in [3.63, 3.8) is 0 Å². The van der Waals surface area contributed by atoms with Crippen molar-refractivity contribution >= 4 is 50.7 Å². The van der Waals surface area contributed by atoms with Gasteiger partial charge < -0.3 is 10.2 Å². The molecule has 7 nitrogen and oxygen atoms in total. The van der Waals surface area contributed by atoms with Gasteiger partial charge in [-0.2, -0.15) is 0 Å². The minimum absolute atomic E-state index is 0.0131. The van der Waals surface area contributed by atoms with Crippen LogP contribution in [0.5, 0.6) is 0 Å². The predicted octanol–water partition coefficient (Wildman–Crippen LogP) is 5.52. The first kappa shape index (κ1) is 29.5. The van der Waals surface area contributed by atoms with E-state index in [0.717, 1.165) is 4.31 Å². The number of carbonyl (C=O) groups excluding carboxylic acids is 2. The fourth-order valence-electron chi connectivity index (χ4n) is 3.97. The van der Waals surface area contributed by atoms with Gasteiger partial charge in [0.1, 0.15) is 12.6 Å². The molecule has 2 amide bonds. The summed E-state index contributed by atoms with van der Waals surface area (Å²) in [6.45, 7) is 4.98. The first-order valence-corrected chi connectivity index (χ1v) is 14.4. The molecule has 0 radical (unpaired) electrons. The van der Waals surface area contributed by atoms with Crippen LogP contribution in [0.2, 0.25) is 10.0 Å². The molecule has 0 spiro atoms. The minimum atomic E-state index is -4.15. The fraction of sp³-hybridized carbons (Fsp3) is 0.286. The van der Waals surface area contributed by atoms with Crippen molar-refractivity contribution in [1.82, 2.24) is 10.2 Å². The van der Waals surface area contributed by atoms with Gasteiger partial charge in [-0.25, -0.2) is 8.42 Å². The van der Waals surface area contributed by atoms with Gasteiger partial charge in [-0.05, 0) is 68.3 Å². The van der Waals surface area contributed by atoms with E-state index in [9.17, 15) is 18.0 Å². The summed E-state index contributed by atoms with van der Waals surface area (Å²) >= 11 is 12.4. The molecule has 0 aliphatic heterocycles. The van der Waals surface area contributed by atoms with Crippen LogP contribution in [-0.4, -0.2) is 43.8 Å². The van der Waals surface area contributed by atoms with E-state index in [4.69, 9.17) is 23.2 Å². The molecule has 10 heteroatoms. The summed E-state index contributed by atoms with van der Waals surface area (Å²) in [6, 6.07) is 20.2. The smallest absolute Gasteiger partial charge is 0.264 e. The normalized spacial score (nSPS) is 12.2. The molecule has 0 saturated carbocycles. The third-order valence-corrected chi connectivity index (χ3v) is 8.25. The molecular formula is C28H31Cl2N3O4S. The Labute approximate surface area is 234 Å². The fourth-order valence-corrected chi connectivity index (χ4v) is 5.70. The highest BCUT2D eigenvalue weighted by Crippen LogP contribution is 2.26. The molecule has 3 rings (SSSR count). The summed E-state index contributed by atoms with van der Waals surface area (Å²) in [5.41, 5.74) is 0.957. The summed E-state index contributed by atoms with van der Waals surface area (Å²) < 4.78 is 28.5. The molecule has 1 atom stereocenters. The van der Waals surface area contributed by atoms with Crippen molar-refractivity contribution in [2.75, 3.05) is 10.8 Å². The van der Waals surface area contributed by atoms with E-state index in [1.54, 1.807) is 61.5 Å². The summed E-state index contributed by atoms with van der Waals surface area (Å²) in [7, 11) is -4.15. The zero-order valence-electron chi connectivity index (χ0n) is 21.5. The first-order chi connectivity index (χ1) is 18.0. The van der Waals surface area contributed by atoms with Crippen LogP contribution >= 0.6 is 23.2 Å². The number of hydrogen-bond donors (Lipinski definition) is 1. The maximum atomic E-state index is 13.9. The lowest BCUT2D eigenvalue weighted by Gasteiger charge is -2.33. The number of para-hydroxylation sites is 1. The molecule has 38 heavy (non-hydrogen) atoms. The molecule has 0 saturated heterocycles. The van der Waals surface area contributed by atoms with Gasteiger partial charge in [0.2, 0.25) is 11.8 Å². The Bertz CT molecular complexity index is 1350. The maximum absolute atomic E-state index is 13.9. The minimum Gasteiger partial charge on any atom is -0.352 e. The van der Waals surface area contributed by atoms with Crippen LogP contribution in [0, 0.1) is 0 Å². The van der Waals surface area contributed by atoms with Crippen LogP contribution in [-0.2, 0) is 26.2 Å². The van der Waals surface area contributed by atoms with E-state index in [0.29, 0.717) is 27.7 Å². The summed E-state index contributed by atoms with van der Waals surface area (Å²) in [4.78, 5) is 28.5. The molecule has 0 aliphatic rings. The Morgan fingerprint density at radius 3 is 2.08 bits per heavy atom. The molecule has 0 aliphatic carbocycles. The highest BCUT2D eigenvalue weighted by molar-refractivity contribution is 7.92. The number of benzene rings is 3. The van der Waals surface area contributed by atoms with Crippen molar-refractivity contribution in [2.45, 2.75) is 50.7 Å². The number of carbonyl (C=O) groups is 2. The summed E-state index contributed by atoms with van der Waals surface area (Å²) in [6.07, 6.45) is 0.323. The van der Waals surface area contributed by atoms with Crippen molar-refractivity contribution < 1.29 is 18.0 Å². The molecule has 1 N–H and O–H groups in total. The van der Waals surface area contributed by atoms with E-state index >= 15 is 0 Å². The van der Waals surface area contributed by atoms with Crippen LogP contribution < -0.4 is 9.62 Å². The van der Waals surface area contributed by atoms with Crippen molar-refractivity contribution in [3.05, 3.63) is 94.5 Å². The van der Waals surface area contributed by atoms with E-state index < -0.39 is 28.5 Å². The van der Waals surface area contributed by atoms with Crippen molar-refractivity contribution in [1.29, 1.82) is 0 Å². The van der Waals surface area contributed by atoms with E-state index in [1.165, 1.54) is 29.2 Å². The van der Waals surface area contributed by atoms with Gasteiger partial charge >= 0.3 is 0 Å². The highest BCUT2D eigenvalue weighted by Gasteiger charge is 2.34. The van der Waals surface area contributed by atoms with E-state index in [1.807, 2.05) is 13.8 Å². The third-order valence-electron chi connectivity index (χ3n) is 5.84. The number of amides is 2. The Kier molecular flexibility index (Phi) is 10.2. The predicted molar refractivity (Wildman–Crippen MR) is 152 cm³/mol. The molecular weight excluding hydrogens is 545 g/mol. The Morgan fingerprint density at radius 2 is 1.50 bits per heavy atom. The number of nitrogens with one attached hydrogen (secondary N) is 1. The van der Waals surface area contributed by atoms with E-state index in [-0.39, 0.29) is 23.4 Å². The lowest BCUT2D eigenvalue weighted by molar-refractivity contribution is -0.140. The first-order valence-electron chi connectivity index (χ1n) is 12.2. The second kappa shape index (κ2) is 13.1. The third kappa shape index (κ3) is 7.28. The molecule has 3 aromatic rings. The van der Waals surface area contributed by atoms with Crippen LogP contribution in [0.3, 0.4) is 0 Å². The molecule has 0 fully saturated rings. The number of hydrogen-bond acceptors (Lipinski definition) is 4. The van der Waals surface area contributed by atoms with Crippen LogP contribution in [0.25, 0.3) is 0 Å². The average molecular weight is 577 g/mol. The van der Waals surface area contributed by atoms with Gasteiger partial charge in [0.05, 0.1) is 10.6 Å². The molecule has 1 unspecified atom stereocenters. The van der Waals surface area contributed by atoms with Gasteiger partial charge in [-0.3, -0.25) is 13.9 Å². The van der Waals surface area contributed by atoms with Gasteiger partial charge in [0.15, 0.2) is 0 Å². The van der Waals surface area contributed by atoms with Crippen LogP contribution in [0.4, 0.5) is 5.69 Å². The summed E-state index contributed by atoms with van der Waals surface area (Å²) in [5.74, 6) is -0.869. The number of halogens is 2. The highest BCUT2D eigenvalue weighted by atomic mass is 35.5. The monoisotopic (exact) mass is 575 g/mol. The second-order valence-electron chi connectivity index (χ2n) is 9.00. The average Bonchev–Trinajstić information content (AvgIpc) is 2.88. The van der Waals surface area contributed by atoms with Gasteiger partial charge in [-0.15, -0.1) is 0 Å². The number of rotatable bonds is 11. The number of anilines is 1.